The lowest BCUT2D eigenvalue weighted by molar-refractivity contribution is 0.163. The fraction of sp³-hybridized carbons (Fsp3) is 0.467. The van der Waals surface area contributed by atoms with E-state index >= 15 is 0 Å². The van der Waals surface area contributed by atoms with Crippen molar-refractivity contribution in [1.82, 2.24) is 10.2 Å². The van der Waals surface area contributed by atoms with E-state index in [1.54, 1.807) is 0 Å². The van der Waals surface area contributed by atoms with Crippen LogP contribution in [0, 0.1) is 5.82 Å². The molecular weight excluding hydrogens is 323 g/mol. The average Bonchev–Trinajstić information content (AvgIpc) is 2.45. The van der Waals surface area contributed by atoms with Crippen molar-refractivity contribution in [3.8, 4) is 5.75 Å². The molecule has 1 heterocycles. The molecule has 0 unspecified atom stereocenters. The molecule has 2 rings (SSSR count). The minimum absolute atomic E-state index is 0.0158. The molecule has 110 valence electrons. The summed E-state index contributed by atoms with van der Waals surface area (Å²) in [6, 6.07) is 2.75. The molecule has 1 aliphatic heterocycles. The summed E-state index contributed by atoms with van der Waals surface area (Å²) in [5.41, 5.74) is 0.653. The third-order valence-electron chi connectivity index (χ3n) is 3.65. The standard InChI is InChI=1S/C15H20BrFN2O/c1-2-3-4-14(19-7-5-18-6-8-19)12-9-11(17)10-13(16)15(12)20/h2,9-10,14,18,20H,1,3-8H2/t14-/m0/s1. The molecule has 0 spiro atoms. The van der Waals surface area contributed by atoms with Gasteiger partial charge in [-0.1, -0.05) is 6.08 Å². The Balaban J connectivity index is 2.31. The third-order valence-corrected chi connectivity index (χ3v) is 4.26. The first kappa shape index (κ1) is 15.5. The van der Waals surface area contributed by atoms with E-state index in [0.29, 0.717) is 10.0 Å². The fourth-order valence-corrected chi connectivity index (χ4v) is 3.09. The largest absolute Gasteiger partial charge is 0.506 e. The lowest BCUT2D eigenvalue weighted by Gasteiger charge is -2.35. The van der Waals surface area contributed by atoms with Crippen LogP contribution in [0.5, 0.6) is 5.75 Å². The molecule has 20 heavy (non-hydrogen) atoms. The molecule has 1 fully saturated rings. The van der Waals surface area contributed by atoms with Crippen LogP contribution in [-0.4, -0.2) is 36.2 Å². The second-order valence-electron chi connectivity index (χ2n) is 4.99. The van der Waals surface area contributed by atoms with Crippen molar-refractivity contribution in [1.29, 1.82) is 0 Å². The number of nitrogens with one attached hydrogen (secondary N) is 1. The first-order valence-electron chi connectivity index (χ1n) is 6.87. The van der Waals surface area contributed by atoms with E-state index in [1.807, 2.05) is 6.08 Å². The summed E-state index contributed by atoms with van der Waals surface area (Å²) >= 11 is 3.22. The molecule has 1 atom stereocenters. The van der Waals surface area contributed by atoms with Gasteiger partial charge in [-0.05, 0) is 40.9 Å². The minimum Gasteiger partial charge on any atom is -0.506 e. The molecule has 3 nitrogen and oxygen atoms in total. The van der Waals surface area contributed by atoms with Crippen molar-refractivity contribution in [2.75, 3.05) is 26.2 Å². The zero-order valence-electron chi connectivity index (χ0n) is 11.4. The summed E-state index contributed by atoms with van der Waals surface area (Å²) in [5.74, 6) is -0.192. The number of hydrogen-bond acceptors (Lipinski definition) is 3. The first-order valence-corrected chi connectivity index (χ1v) is 7.66. The number of benzene rings is 1. The number of aromatic hydroxyl groups is 1. The zero-order valence-corrected chi connectivity index (χ0v) is 13.0. The number of hydrogen-bond donors (Lipinski definition) is 2. The molecule has 1 aliphatic rings. The zero-order chi connectivity index (χ0) is 14.5. The van der Waals surface area contributed by atoms with Crippen LogP contribution in [0.25, 0.3) is 0 Å². The van der Waals surface area contributed by atoms with Gasteiger partial charge in [-0.25, -0.2) is 4.39 Å². The van der Waals surface area contributed by atoms with Gasteiger partial charge in [0.05, 0.1) is 4.47 Å². The van der Waals surface area contributed by atoms with Crippen molar-refractivity contribution in [3.63, 3.8) is 0 Å². The minimum atomic E-state index is -0.330. The Morgan fingerprint density at radius 1 is 1.45 bits per heavy atom. The molecular formula is C15H20BrFN2O. The van der Waals surface area contributed by atoms with Crippen LogP contribution >= 0.6 is 15.9 Å². The van der Waals surface area contributed by atoms with E-state index in [4.69, 9.17) is 0 Å². The average molecular weight is 343 g/mol. The smallest absolute Gasteiger partial charge is 0.134 e. The summed E-state index contributed by atoms with van der Waals surface area (Å²) in [7, 11) is 0. The van der Waals surface area contributed by atoms with Crippen LogP contribution in [0.3, 0.4) is 0 Å². The first-order chi connectivity index (χ1) is 9.63. The second kappa shape index (κ2) is 7.20. The van der Waals surface area contributed by atoms with Gasteiger partial charge in [0.2, 0.25) is 0 Å². The molecule has 1 aromatic carbocycles. The highest BCUT2D eigenvalue weighted by Gasteiger charge is 2.25. The van der Waals surface area contributed by atoms with Crippen molar-refractivity contribution < 1.29 is 9.50 Å². The molecule has 0 saturated carbocycles. The number of rotatable bonds is 5. The van der Waals surface area contributed by atoms with Gasteiger partial charge in [-0.15, -0.1) is 6.58 Å². The molecule has 0 bridgehead atoms. The normalized spacial score (nSPS) is 17.9. The van der Waals surface area contributed by atoms with Crippen molar-refractivity contribution >= 4 is 15.9 Å². The van der Waals surface area contributed by atoms with Crippen molar-refractivity contribution in [2.24, 2.45) is 0 Å². The molecule has 0 aromatic heterocycles. The SMILES string of the molecule is C=CCC[C@@H](c1cc(F)cc(Br)c1O)N1CCNCC1. The Bertz CT molecular complexity index is 475. The predicted molar refractivity (Wildman–Crippen MR) is 82.4 cm³/mol. The van der Waals surface area contributed by atoms with E-state index in [9.17, 15) is 9.50 Å². The van der Waals surface area contributed by atoms with Crippen molar-refractivity contribution in [2.45, 2.75) is 18.9 Å². The maximum Gasteiger partial charge on any atom is 0.134 e. The van der Waals surface area contributed by atoms with Gasteiger partial charge in [0.15, 0.2) is 0 Å². The Morgan fingerprint density at radius 2 is 2.15 bits per heavy atom. The second-order valence-corrected chi connectivity index (χ2v) is 5.85. The number of phenols is 1. The van der Waals surface area contributed by atoms with E-state index in [2.05, 4.69) is 32.7 Å². The molecule has 1 aromatic rings. The van der Waals surface area contributed by atoms with Crippen LogP contribution in [0.2, 0.25) is 0 Å². The van der Waals surface area contributed by atoms with Crippen molar-refractivity contribution in [3.05, 3.63) is 40.6 Å². The van der Waals surface area contributed by atoms with Crippen LogP contribution < -0.4 is 5.32 Å². The van der Waals surface area contributed by atoms with E-state index in [-0.39, 0.29) is 17.6 Å². The highest BCUT2D eigenvalue weighted by Crippen LogP contribution is 2.37. The molecule has 2 N–H and O–H groups in total. The van der Waals surface area contributed by atoms with Crippen LogP contribution in [0.1, 0.15) is 24.4 Å². The van der Waals surface area contributed by atoms with Gasteiger partial charge in [-0.2, -0.15) is 0 Å². The molecule has 1 saturated heterocycles. The summed E-state index contributed by atoms with van der Waals surface area (Å²) in [6.07, 6.45) is 3.52. The van der Waals surface area contributed by atoms with Gasteiger partial charge in [0.25, 0.3) is 0 Å². The van der Waals surface area contributed by atoms with Gasteiger partial charge >= 0.3 is 0 Å². The quantitative estimate of drug-likeness (QED) is 0.806. The van der Waals surface area contributed by atoms with Crippen LogP contribution in [-0.2, 0) is 0 Å². The van der Waals surface area contributed by atoms with Crippen LogP contribution in [0.4, 0.5) is 4.39 Å². The molecule has 5 heteroatoms. The summed E-state index contributed by atoms with van der Waals surface area (Å²) < 4.78 is 14.1. The monoisotopic (exact) mass is 342 g/mol. The van der Waals surface area contributed by atoms with Gasteiger partial charge < -0.3 is 10.4 Å². The third kappa shape index (κ3) is 3.59. The Hall–Kier alpha value is -0.910. The lowest BCUT2D eigenvalue weighted by atomic mass is 9.98. The summed E-state index contributed by atoms with van der Waals surface area (Å²) in [6.45, 7) is 7.39. The predicted octanol–water partition coefficient (Wildman–Crippen LogP) is 3.21. The number of nitrogens with zero attached hydrogens (tertiary/aromatic N) is 1. The summed E-state index contributed by atoms with van der Waals surface area (Å²) in [5, 5.41) is 13.5. The topological polar surface area (TPSA) is 35.5 Å². The van der Waals surface area contributed by atoms with E-state index in [0.717, 1.165) is 39.0 Å². The Kier molecular flexibility index (Phi) is 5.57. The van der Waals surface area contributed by atoms with Crippen LogP contribution in [0.15, 0.2) is 29.3 Å². The summed E-state index contributed by atoms with van der Waals surface area (Å²) in [4.78, 5) is 2.29. The maximum absolute atomic E-state index is 13.7. The molecule has 0 amide bonds. The highest BCUT2D eigenvalue weighted by molar-refractivity contribution is 9.10. The number of allylic oxidation sites excluding steroid dienone is 1. The molecule has 0 radical (unpaired) electrons. The van der Waals surface area contributed by atoms with E-state index < -0.39 is 0 Å². The van der Waals surface area contributed by atoms with E-state index in [1.165, 1.54) is 12.1 Å². The lowest BCUT2D eigenvalue weighted by Crippen LogP contribution is -2.45. The Morgan fingerprint density at radius 3 is 2.80 bits per heavy atom. The number of phenolic OH excluding ortho intramolecular Hbond substituents is 1. The Labute approximate surface area is 127 Å². The number of piperazine rings is 1. The number of halogens is 2. The van der Waals surface area contributed by atoms with Gasteiger partial charge in [-0.3, -0.25) is 4.90 Å². The van der Waals surface area contributed by atoms with Gasteiger partial charge in [0.1, 0.15) is 11.6 Å². The maximum atomic E-state index is 13.7. The fourth-order valence-electron chi connectivity index (χ4n) is 2.64. The van der Waals surface area contributed by atoms with Gasteiger partial charge in [0, 0.05) is 37.8 Å². The molecule has 0 aliphatic carbocycles. The highest BCUT2D eigenvalue weighted by atomic mass is 79.9.